The molecule has 6 rings (SSSR count). The van der Waals surface area contributed by atoms with Gasteiger partial charge in [-0.1, -0.05) is 23.2 Å². The molecule has 3 aliphatic rings. The van der Waals surface area contributed by atoms with Crippen LogP contribution in [0.2, 0.25) is 10.0 Å². The molecule has 0 aromatic heterocycles. The number of nitrogens with zero attached hydrogens (tertiary/aromatic N) is 3. The number of rotatable bonds is 8. The SMILES string of the molecule is O=C(CN(C(=O)c1ccc(Cl)c(Cl)c1)N1C(=O)[C@H]2[C@H]3CC[C@@H](C3)[C@@H]2C1=O)c1ccc(OC(=O)c2ccc([N+](=O)[O-])cc2)cc1. The summed E-state index contributed by atoms with van der Waals surface area (Å²) in [6.07, 6.45) is 2.50. The minimum atomic E-state index is -0.764. The van der Waals surface area contributed by atoms with Crippen molar-refractivity contribution in [1.82, 2.24) is 10.0 Å². The van der Waals surface area contributed by atoms with Crippen LogP contribution < -0.4 is 4.74 Å². The third-order valence-corrected chi connectivity index (χ3v) is 9.28. The summed E-state index contributed by atoms with van der Waals surface area (Å²) in [5.41, 5.74) is 0.0853. The van der Waals surface area contributed by atoms with Gasteiger partial charge >= 0.3 is 5.97 Å². The fraction of sp³-hybridized carbons (Fsp3) is 0.258. The van der Waals surface area contributed by atoms with Crippen LogP contribution in [-0.4, -0.2) is 51.0 Å². The van der Waals surface area contributed by atoms with Crippen molar-refractivity contribution in [2.24, 2.45) is 23.7 Å². The number of Topliss-reactive ketones (excluding diaryl/α,β-unsaturated/α-hetero) is 1. The summed E-state index contributed by atoms with van der Waals surface area (Å²) in [7, 11) is 0. The number of esters is 1. The second-order valence-corrected chi connectivity index (χ2v) is 11.8. The summed E-state index contributed by atoms with van der Waals surface area (Å²) in [5.74, 6) is -3.84. The van der Waals surface area contributed by atoms with Crippen LogP contribution in [0.3, 0.4) is 0 Å². The van der Waals surface area contributed by atoms with Gasteiger partial charge in [0.15, 0.2) is 5.78 Å². The molecule has 0 radical (unpaired) electrons. The first-order valence-electron chi connectivity index (χ1n) is 13.8. The number of ketones is 1. The van der Waals surface area contributed by atoms with Crippen LogP contribution in [0.15, 0.2) is 66.7 Å². The topological polar surface area (TPSA) is 144 Å². The molecule has 0 N–H and O–H groups in total. The third kappa shape index (κ3) is 5.22. The minimum absolute atomic E-state index is 0.0429. The van der Waals surface area contributed by atoms with E-state index in [1.54, 1.807) is 0 Å². The lowest BCUT2D eigenvalue weighted by Crippen LogP contribution is -2.52. The standard InChI is InChI=1S/C31H23Cl2N3O8/c32-23-12-7-20(14-24(23)33)28(38)34(35-29(39)26-18-1-2-19(13-18)27(26)30(35)40)15-25(37)16-5-10-22(11-6-16)44-31(41)17-3-8-21(9-4-17)36(42)43/h3-12,14,18-19,26-27H,1-2,13,15H2/t18-,19-,26-,27-/m0/s1. The molecule has 3 amide bonds. The van der Waals surface area contributed by atoms with Gasteiger partial charge in [-0.25, -0.2) is 9.80 Å². The maximum absolute atomic E-state index is 13.8. The largest absolute Gasteiger partial charge is 0.423 e. The van der Waals surface area contributed by atoms with Crippen LogP contribution in [0.4, 0.5) is 5.69 Å². The number of non-ortho nitro benzene ring substituents is 1. The van der Waals surface area contributed by atoms with Crippen molar-refractivity contribution in [2.75, 3.05) is 6.54 Å². The van der Waals surface area contributed by atoms with Crippen molar-refractivity contribution < 1.29 is 33.6 Å². The molecule has 3 fully saturated rings. The van der Waals surface area contributed by atoms with Crippen molar-refractivity contribution in [2.45, 2.75) is 19.3 Å². The zero-order chi connectivity index (χ0) is 31.3. The smallest absolute Gasteiger partial charge is 0.343 e. The summed E-state index contributed by atoms with van der Waals surface area (Å²) < 4.78 is 5.31. The molecule has 0 spiro atoms. The molecule has 224 valence electrons. The van der Waals surface area contributed by atoms with Crippen molar-refractivity contribution in [1.29, 1.82) is 0 Å². The van der Waals surface area contributed by atoms with E-state index in [4.69, 9.17) is 27.9 Å². The van der Waals surface area contributed by atoms with Gasteiger partial charge in [-0.2, -0.15) is 5.01 Å². The maximum atomic E-state index is 13.8. The lowest BCUT2D eigenvalue weighted by Gasteiger charge is -2.31. The van der Waals surface area contributed by atoms with E-state index >= 15 is 0 Å². The van der Waals surface area contributed by atoms with E-state index in [9.17, 15) is 34.1 Å². The van der Waals surface area contributed by atoms with E-state index < -0.39 is 52.8 Å². The van der Waals surface area contributed by atoms with E-state index in [0.717, 1.165) is 29.3 Å². The average Bonchev–Trinajstić information content (AvgIpc) is 3.71. The molecule has 1 aliphatic heterocycles. The number of nitro benzene ring substituents is 1. The summed E-state index contributed by atoms with van der Waals surface area (Å²) in [4.78, 5) is 77.1. The van der Waals surface area contributed by atoms with Gasteiger partial charge in [0.2, 0.25) is 0 Å². The van der Waals surface area contributed by atoms with Crippen molar-refractivity contribution in [3.63, 3.8) is 0 Å². The van der Waals surface area contributed by atoms with Gasteiger partial charge in [0.05, 0.1) is 32.4 Å². The highest BCUT2D eigenvalue weighted by molar-refractivity contribution is 6.42. The number of fused-ring (bicyclic) bond motifs is 5. The number of benzene rings is 3. The van der Waals surface area contributed by atoms with E-state index in [2.05, 4.69) is 0 Å². The zero-order valence-corrected chi connectivity index (χ0v) is 24.4. The molecule has 11 nitrogen and oxygen atoms in total. The Kier molecular flexibility index (Phi) is 7.68. The predicted octanol–water partition coefficient (Wildman–Crippen LogP) is 5.39. The van der Waals surface area contributed by atoms with Gasteiger partial charge in [0.1, 0.15) is 12.3 Å². The van der Waals surface area contributed by atoms with Crippen LogP contribution in [-0.2, 0) is 9.59 Å². The number of imide groups is 1. The van der Waals surface area contributed by atoms with Crippen LogP contribution >= 0.6 is 23.2 Å². The normalized spacial score (nSPS) is 21.7. The molecule has 1 saturated heterocycles. The lowest BCUT2D eigenvalue weighted by molar-refractivity contribution is -0.384. The van der Waals surface area contributed by atoms with Crippen LogP contribution in [0, 0.1) is 33.8 Å². The van der Waals surface area contributed by atoms with Gasteiger partial charge in [-0.15, -0.1) is 0 Å². The molecule has 0 unspecified atom stereocenters. The fourth-order valence-corrected chi connectivity index (χ4v) is 6.76. The number of hydrazine groups is 1. The minimum Gasteiger partial charge on any atom is -0.423 e. The Morgan fingerprint density at radius 3 is 1.98 bits per heavy atom. The zero-order valence-electron chi connectivity index (χ0n) is 22.9. The Balaban J connectivity index is 1.22. The van der Waals surface area contributed by atoms with Crippen LogP contribution in [0.25, 0.3) is 0 Å². The summed E-state index contributed by atoms with van der Waals surface area (Å²) in [6.45, 7) is -0.618. The van der Waals surface area contributed by atoms with Gasteiger partial charge < -0.3 is 4.74 Å². The van der Waals surface area contributed by atoms with Gasteiger partial charge in [-0.05, 0) is 85.7 Å². The predicted molar refractivity (Wildman–Crippen MR) is 156 cm³/mol. The van der Waals surface area contributed by atoms with Gasteiger partial charge in [0, 0.05) is 23.3 Å². The number of hydrogen-bond donors (Lipinski definition) is 0. The molecule has 2 bridgehead atoms. The molecule has 2 saturated carbocycles. The average molecular weight is 636 g/mol. The number of hydrogen-bond acceptors (Lipinski definition) is 8. The molecule has 13 heteroatoms. The van der Waals surface area contributed by atoms with Gasteiger partial charge in [-0.3, -0.25) is 29.3 Å². The molecule has 3 aromatic rings. The Morgan fingerprint density at radius 2 is 1.41 bits per heavy atom. The summed E-state index contributed by atoms with van der Waals surface area (Å²) >= 11 is 12.2. The quantitative estimate of drug-likeness (QED) is 0.0800. The number of halogens is 2. The highest BCUT2D eigenvalue weighted by atomic mass is 35.5. The van der Waals surface area contributed by atoms with Crippen LogP contribution in [0.1, 0.15) is 50.3 Å². The van der Waals surface area contributed by atoms with Crippen molar-refractivity contribution in [3.05, 3.63) is 104 Å². The highest BCUT2D eigenvalue weighted by Crippen LogP contribution is 2.56. The number of amides is 3. The first-order chi connectivity index (χ1) is 21.0. The van der Waals surface area contributed by atoms with Crippen molar-refractivity contribution in [3.8, 4) is 5.75 Å². The summed E-state index contributed by atoms with van der Waals surface area (Å²) in [6, 6.07) is 14.5. The summed E-state index contributed by atoms with van der Waals surface area (Å²) in [5, 5.41) is 12.9. The maximum Gasteiger partial charge on any atom is 0.343 e. The van der Waals surface area contributed by atoms with Crippen LogP contribution in [0.5, 0.6) is 5.75 Å². The molecular weight excluding hydrogens is 613 g/mol. The molecule has 3 aromatic carbocycles. The van der Waals surface area contributed by atoms with E-state index in [1.165, 1.54) is 66.7 Å². The lowest BCUT2D eigenvalue weighted by atomic mass is 9.81. The fourth-order valence-electron chi connectivity index (χ4n) is 6.46. The van der Waals surface area contributed by atoms with E-state index in [1.807, 2.05) is 0 Å². The second kappa shape index (κ2) is 11.5. The van der Waals surface area contributed by atoms with E-state index in [0.29, 0.717) is 0 Å². The number of carbonyl (C=O) groups excluding carboxylic acids is 5. The Labute approximate surface area is 260 Å². The molecular formula is C31H23Cl2N3O8. The monoisotopic (exact) mass is 635 g/mol. The first-order valence-corrected chi connectivity index (χ1v) is 14.5. The van der Waals surface area contributed by atoms with Crippen molar-refractivity contribution >= 4 is 58.4 Å². The molecule has 1 heterocycles. The third-order valence-electron chi connectivity index (χ3n) is 8.54. The number of ether oxygens (including phenoxy) is 1. The Morgan fingerprint density at radius 1 is 0.841 bits per heavy atom. The Hall–Kier alpha value is -4.61. The second-order valence-electron chi connectivity index (χ2n) is 11.0. The number of nitro groups is 1. The van der Waals surface area contributed by atoms with Gasteiger partial charge in [0.25, 0.3) is 23.4 Å². The highest BCUT2D eigenvalue weighted by Gasteiger charge is 2.62. The van der Waals surface area contributed by atoms with E-state index in [-0.39, 0.29) is 50.0 Å². The molecule has 44 heavy (non-hydrogen) atoms. The molecule has 4 atom stereocenters. The Bertz CT molecular complexity index is 1700. The first kappa shape index (κ1) is 29.5. The number of carbonyl (C=O) groups is 5. The molecule has 2 aliphatic carbocycles.